The summed E-state index contributed by atoms with van der Waals surface area (Å²) in [5.74, 6) is -2.16. The molecule has 0 aromatic carbocycles. The SMILES string of the molecule is CCC(=O)NCCCCCCCC(=O)NCCCCCCOC1OC(C(=O)O)C(OC2OC(C)C(O)C(O)C2NC(C)=O)C(O)C1OS(=O)O. The number of carboxylic acids is 1. The van der Waals surface area contributed by atoms with Crippen LogP contribution in [-0.2, 0) is 53.7 Å². The summed E-state index contributed by atoms with van der Waals surface area (Å²) in [6.07, 6.45) is -6.27. The van der Waals surface area contributed by atoms with Crippen LogP contribution in [0.1, 0.15) is 91.4 Å². The number of carbonyl (C=O) groups is 4. The van der Waals surface area contributed by atoms with Crippen molar-refractivity contribution in [3.05, 3.63) is 0 Å². The molecule has 0 aromatic rings. The van der Waals surface area contributed by atoms with E-state index in [1.165, 1.54) is 6.92 Å². The van der Waals surface area contributed by atoms with Crippen molar-refractivity contribution in [2.75, 3.05) is 19.7 Å². The van der Waals surface area contributed by atoms with Crippen LogP contribution in [0.5, 0.6) is 0 Å². The molecule has 18 nitrogen and oxygen atoms in total. The van der Waals surface area contributed by atoms with Crippen molar-refractivity contribution in [1.82, 2.24) is 16.0 Å². The Labute approximate surface area is 294 Å². The lowest BCUT2D eigenvalue weighted by atomic mass is 9.95. The molecule has 2 saturated heterocycles. The van der Waals surface area contributed by atoms with E-state index in [0.29, 0.717) is 38.8 Å². The van der Waals surface area contributed by atoms with E-state index in [-0.39, 0.29) is 18.4 Å². The zero-order valence-corrected chi connectivity index (χ0v) is 29.7. The van der Waals surface area contributed by atoms with E-state index in [0.717, 1.165) is 51.9 Å². The number of rotatable bonds is 23. The van der Waals surface area contributed by atoms with Crippen LogP contribution in [0.4, 0.5) is 0 Å². The van der Waals surface area contributed by atoms with Gasteiger partial charge in [0.25, 0.3) is 0 Å². The van der Waals surface area contributed by atoms with Crippen molar-refractivity contribution in [2.45, 2.75) is 153 Å². The van der Waals surface area contributed by atoms with Gasteiger partial charge in [-0.3, -0.25) is 23.1 Å². The van der Waals surface area contributed by atoms with Crippen molar-refractivity contribution in [2.24, 2.45) is 0 Å². The number of ether oxygens (including phenoxy) is 4. The maximum Gasteiger partial charge on any atom is 0.335 e. The number of amides is 3. The van der Waals surface area contributed by atoms with Gasteiger partial charge < -0.3 is 55.3 Å². The summed E-state index contributed by atoms with van der Waals surface area (Å²) in [5, 5.41) is 49.8. The third kappa shape index (κ3) is 15.1. The molecule has 3 amide bonds. The van der Waals surface area contributed by atoms with Crippen molar-refractivity contribution >= 4 is 35.1 Å². The third-order valence-corrected chi connectivity index (χ3v) is 8.75. The van der Waals surface area contributed by atoms with E-state index in [1.807, 2.05) is 6.92 Å². The third-order valence-electron chi connectivity index (χ3n) is 8.36. The Balaban J connectivity index is 1.78. The average molecular weight is 742 g/mol. The van der Waals surface area contributed by atoms with Crippen molar-refractivity contribution in [3.63, 3.8) is 0 Å². The minimum atomic E-state index is -2.93. The molecular weight excluding hydrogens is 686 g/mol. The van der Waals surface area contributed by atoms with E-state index in [1.54, 1.807) is 0 Å². The van der Waals surface area contributed by atoms with Crippen LogP contribution < -0.4 is 16.0 Å². The highest BCUT2D eigenvalue weighted by atomic mass is 32.2. The monoisotopic (exact) mass is 741 g/mol. The summed E-state index contributed by atoms with van der Waals surface area (Å²) >= 11 is -2.93. The molecule has 0 aliphatic carbocycles. The summed E-state index contributed by atoms with van der Waals surface area (Å²) in [6.45, 7) is 5.56. The molecule has 0 spiro atoms. The number of aliphatic carboxylic acids is 1. The number of hydrogen-bond donors (Lipinski definition) is 8. The Morgan fingerprint density at radius 3 is 1.98 bits per heavy atom. The molecule has 0 aromatic heterocycles. The molecule has 8 N–H and O–H groups in total. The Hall–Kier alpha value is -2.33. The molecule has 19 heteroatoms. The summed E-state index contributed by atoms with van der Waals surface area (Å²) in [7, 11) is 0. The first kappa shape index (κ1) is 43.8. The number of carbonyl (C=O) groups excluding carboxylic acids is 3. The van der Waals surface area contributed by atoms with Gasteiger partial charge in [-0.25, -0.2) is 4.79 Å². The molecule has 2 fully saturated rings. The Bertz CT molecular complexity index is 1090. The van der Waals surface area contributed by atoms with Crippen LogP contribution in [-0.4, -0.2) is 134 Å². The second kappa shape index (κ2) is 23.3. The molecule has 11 unspecified atom stereocenters. The van der Waals surface area contributed by atoms with Gasteiger partial charge in [-0.1, -0.05) is 39.0 Å². The van der Waals surface area contributed by atoms with Crippen molar-refractivity contribution in [1.29, 1.82) is 0 Å². The summed E-state index contributed by atoms with van der Waals surface area (Å²) < 4.78 is 48.3. The smallest absolute Gasteiger partial charge is 0.335 e. The second-order valence-electron chi connectivity index (χ2n) is 12.4. The molecule has 290 valence electrons. The van der Waals surface area contributed by atoms with Gasteiger partial charge in [-0.2, -0.15) is 4.21 Å². The summed E-state index contributed by atoms with van der Waals surface area (Å²) in [5.41, 5.74) is 0. The van der Waals surface area contributed by atoms with Crippen LogP contribution in [0.2, 0.25) is 0 Å². The van der Waals surface area contributed by atoms with Gasteiger partial charge in [0.05, 0.1) is 6.10 Å². The predicted molar refractivity (Wildman–Crippen MR) is 175 cm³/mol. The highest BCUT2D eigenvalue weighted by molar-refractivity contribution is 7.74. The molecular formula is C31H55N3O15S. The normalized spacial score (nSPS) is 30.3. The minimum absolute atomic E-state index is 0.0110. The largest absolute Gasteiger partial charge is 0.479 e. The summed E-state index contributed by atoms with van der Waals surface area (Å²) in [4.78, 5) is 47.2. The van der Waals surface area contributed by atoms with Crippen LogP contribution >= 0.6 is 0 Å². The maximum atomic E-state index is 12.2. The number of unbranched alkanes of at least 4 members (excludes halogenated alkanes) is 7. The first-order chi connectivity index (χ1) is 23.8. The van der Waals surface area contributed by atoms with E-state index >= 15 is 0 Å². The topological polar surface area (TPSA) is 269 Å². The molecule has 2 aliphatic heterocycles. The molecule has 2 aliphatic rings. The van der Waals surface area contributed by atoms with Crippen LogP contribution in [0, 0.1) is 0 Å². The van der Waals surface area contributed by atoms with E-state index in [2.05, 4.69) is 16.0 Å². The first-order valence-electron chi connectivity index (χ1n) is 17.2. The number of aliphatic hydroxyl groups excluding tert-OH is 3. The van der Waals surface area contributed by atoms with E-state index in [9.17, 15) is 48.4 Å². The fraction of sp³-hybridized carbons (Fsp3) is 0.871. The van der Waals surface area contributed by atoms with Gasteiger partial charge >= 0.3 is 17.3 Å². The number of carboxylic acid groups (broad SMARTS) is 1. The van der Waals surface area contributed by atoms with Gasteiger partial charge in [0, 0.05) is 39.5 Å². The zero-order valence-electron chi connectivity index (χ0n) is 28.9. The standard InChI is InChI=1S/C31H55N3O15S/c1-4-20(36)32-15-11-7-5-6-10-14-21(37)33-16-12-8-9-13-17-45-31-27(49-50(43)44)25(40)26(28(48-31)29(41)42)47-30-22(34-19(3)35)24(39)23(38)18(2)46-30/h18,22-28,30-31,38-40H,4-17H2,1-3H3,(H,32,36)(H,33,37)(H,34,35)(H,41,42)(H,43,44). The maximum absolute atomic E-state index is 12.2. The van der Waals surface area contributed by atoms with Gasteiger partial charge in [0.2, 0.25) is 17.7 Å². The number of hydrogen-bond acceptors (Lipinski definition) is 13. The zero-order chi connectivity index (χ0) is 37.2. The highest BCUT2D eigenvalue weighted by Gasteiger charge is 2.54. The second-order valence-corrected chi connectivity index (χ2v) is 13.0. The van der Waals surface area contributed by atoms with Crippen LogP contribution in [0.3, 0.4) is 0 Å². The molecule has 50 heavy (non-hydrogen) atoms. The van der Waals surface area contributed by atoms with Gasteiger partial charge in [-0.15, -0.1) is 0 Å². The van der Waals surface area contributed by atoms with Gasteiger partial charge in [0.15, 0.2) is 24.8 Å². The molecule has 11 atom stereocenters. The van der Waals surface area contributed by atoms with E-state index in [4.69, 9.17) is 23.1 Å². The molecule has 2 rings (SSSR count). The lowest BCUT2D eigenvalue weighted by Gasteiger charge is -2.46. The molecule has 2 heterocycles. The fourth-order valence-corrected chi connectivity index (χ4v) is 5.98. The Morgan fingerprint density at radius 2 is 1.38 bits per heavy atom. The highest BCUT2D eigenvalue weighted by Crippen LogP contribution is 2.31. The van der Waals surface area contributed by atoms with Crippen molar-refractivity contribution in [3.8, 4) is 0 Å². The number of nitrogens with one attached hydrogen (secondary N) is 3. The Morgan fingerprint density at radius 1 is 0.780 bits per heavy atom. The lowest BCUT2D eigenvalue weighted by molar-refractivity contribution is -0.335. The lowest BCUT2D eigenvalue weighted by Crippen LogP contribution is -2.67. The fourth-order valence-electron chi connectivity index (χ4n) is 5.59. The summed E-state index contributed by atoms with van der Waals surface area (Å²) in [6, 6.07) is -1.37. The molecule has 0 bridgehead atoms. The minimum Gasteiger partial charge on any atom is -0.479 e. The molecule has 0 radical (unpaired) electrons. The van der Waals surface area contributed by atoms with Crippen LogP contribution in [0.25, 0.3) is 0 Å². The number of aliphatic hydroxyl groups is 3. The van der Waals surface area contributed by atoms with Gasteiger partial charge in [0.1, 0.15) is 30.5 Å². The quantitative estimate of drug-likeness (QED) is 0.0489. The molecule has 0 saturated carbocycles. The van der Waals surface area contributed by atoms with E-state index < -0.39 is 84.6 Å². The predicted octanol–water partition coefficient (Wildman–Crippen LogP) is -0.405. The van der Waals surface area contributed by atoms with Crippen molar-refractivity contribution < 1.29 is 71.5 Å². The van der Waals surface area contributed by atoms with Gasteiger partial charge in [-0.05, 0) is 32.6 Å². The first-order valence-corrected chi connectivity index (χ1v) is 18.2. The Kier molecular flexibility index (Phi) is 20.4. The average Bonchev–Trinajstić information content (AvgIpc) is 3.06. The van der Waals surface area contributed by atoms with Crippen LogP contribution in [0.15, 0.2) is 0 Å².